The van der Waals surface area contributed by atoms with Gasteiger partial charge in [0.2, 0.25) is 0 Å². The summed E-state index contributed by atoms with van der Waals surface area (Å²) in [5.74, 6) is 0. The van der Waals surface area contributed by atoms with Crippen LogP contribution in [0, 0.1) is 0 Å². The van der Waals surface area contributed by atoms with Crippen LogP contribution in [0.2, 0.25) is 0 Å². The molecule has 0 radical (unpaired) electrons. The largest absolute Gasteiger partial charge is 0.444 e. The molecule has 2 N–H and O–H groups in total. The summed E-state index contributed by atoms with van der Waals surface area (Å²) in [6.07, 6.45) is 3.37. The molecular formula is C16H30N4O2. The summed E-state index contributed by atoms with van der Waals surface area (Å²) in [6.45, 7) is 12.1. The highest BCUT2D eigenvalue weighted by Gasteiger charge is 2.18. The molecule has 0 saturated heterocycles. The van der Waals surface area contributed by atoms with Gasteiger partial charge in [-0.3, -0.25) is 4.68 Å². The fraction of sp³-hybridized carbons (Fsp3) is 0.750. The number of hydrogen-bond donors (Lipinski definition) is 2. The molecule has 0 bridgehead atoms. The lowest BCUT2D eigenvalue weighted by atomic mass is 10.2. The monoisotopic (exact) mass is 310 g/mol. The molecule has 6 nitrogen and oxygen atoms in total. The zero-order chi connectivity index (χ0) is 16.6. The van der Waals surface area contributed by atoms with Crippen LogP contribution in [0.15, 0.2) is 12.3 Å². The van der Waals surface area contributed by atoms with Gasteiger partial charge < -0.3 is 15.4 Å². The maximum Gasteiger partial charge on any atom is 0.407 e. The summed E-state index contributed by atoms with van der Waals surface area (Å²) >= 11 is 0. The molecule has 0 aliphatic rings. The van der Waals surface area contributed by atoms with Crippen LogP contribution in [0.3, 0.4) is 0 Å². The van der Waals surface area contributed by atoms with Gasteiger partial charge in [-0.2, -0.15) is 5.10 Å². The Morgan fingerprint density at radius 3 is 2.73 bits per heavy atom. The van der Waals surface area contributed by atoms with Crippen molar-refractivity contribution in [2.45, 2.75) is 72.2 Å². The van der Waals surface area contributed by atoms with Gasteiger partial charge in [0.15, 0.2) is 0 Å². The van der Waals surface area contributed by atoms with E-state index in [1.165, 1.54) is 0 Å². The predicted molar refractivity (Wildman–Crippen MR) is 87.7 cm³/mol. The Morgan fingerprint density at radius 2 is 2.14 bits per heavy atom. The standard InChI is InChI=1S/C16H30N4O2/c1-6-10-20-14(8-9-18-20)12-17-11-13(7-2)19-15(21)22-16(3,4)5/h8-9,13,17H,6-7,10-12H2,1-5H3,(H,19,21). The fourth-order valence-electron chi connectivity index (χ4n) is 2.07. The topological polar surface area (TPSA) is 68.2 Å². The molecule has 1 unspecified atom stereocenters. The van der Waals surface area contributed by atoms with Gasteiger partial charge in [0, 0.05) is 31.9 Å². The van der Waals surface area contributed by atoms with E-state index >= 15 is 0 Å². The molecule has 1 amide bonds. The van der Waals surface area contributed by atoms with E-state index in [1.807, 2.05) is 44.6 Å². The van der Waals surface area contributed by atoms with Gasteiger partial charge in [0.1, 0.15) is 5.60 Å². The second-order valence-corrected chi connectivity index (χ2v) is 6.43. The van der Waals surface area contributed by atoms with Gasteiger partial charge in [0.25, 0.3) is 0 Å². The van der Waals surface area contributed by atoms with Gasteiger partial charge in [0.05, 0.1) is 5.69 Å². The number of rotatable bonds is 8. The molecule has 6 heteroatoms. The minimum Gasteiger partial charge on any atom is -0.444 e. The summed E-state index contributed by atoms with van der Waals surface area (Å²) in [6, 6.07) is 2.07. The third-order valence-electron chi connectivity index (χ3n) is 3.15. The third kappa shape index (κ3) is 6.93. The summed E-state index contributed by atoms with van der Waals surface area (Å²) in [5, 5.41) is 10.6. The number of nitrogens with zero attached hydrogens (tertiary/aromatic N) is 2. The molecule has 1 aromatic rings. The highest BCUT2D eigenvalue weighted by atomic mass is 16.6. The Hall–Kier alpha value is -1.56. The van der Waals surface area contributed by atoms with Crippen molar-refractivity contribution >= 4 is 6.09 Å². The molecule has 126 valence electrons. The van der Waals surface area contributed by atoms with Crippen molar-refractivity contribution in [3.8, 4) is 0 Å². The molecule has 0 saturated carbocycles. The molecule has 0 aromatic carbocycles. The molecular weight excluding hydrogens is 280 g/mol. The van der Waals surface area contributed by atoms with Crippen molar-refractivity contribution < 1.29 is 9.53 Å². The van der Waals surface area contributed by atoms with Crippen LogP contribution in [0.4, 0.5) is 4.79 Å². The normalized spacial score (nSPS) is 13.0. The average molecular weight is 310 g/mol. The van der Waals surface area contributed by atoms with Crippen molar-refractivity contribution in [1.29, 1.82) is 0 Å². The number of alkyl carbamates (subject to hydrolysis) is 1. The van der Waals surface area contributed by atoms with E-state index in [1.54, 1.807) is 0 Å². The summed E-state index contributed by atoms with van der Waals surface area (Å²) in [4.78, 5) is 11.8. The maximum absolute atomic E-state index is 11.8. The van der Waals surface area contributed by atoms with Crippen LogP contribution < -0.4 is 10.6 Å². The summed E-state index contributed by atoms with van der Waals surface area (Å²) < 4.78 is 7.29. The number of aromatic nitrogens is 2. The predicted octanol–water partition coefficient (Wildman–Crippen LogP) is 2.69. The van der Waals surface area contributed by atoms with E-state index in [4.69, 9.17) is 4.74 Å². The lowest BCUT2D eigenvalue weighted by Crippen LogP contribution is -2.43. The minimum atomic E-state index is -0.470. The van der Waals surface area contributed by atoms with Crippen molar-refractivity contribution in [3.63, 3.8) is 0 Å². The first-order valence-corrected chi connectivity index (χ1v) is 8.06. The summed E-state index contributed by atoms with van der Waals surface area (Å²) in [5.41, 5.74) is 0.691. The highest BCUT2D eigenvalue weighted by Crippen LogP contribution is 2.07. The highest BCUT2D eigenvalue weighted by molar-refractivity contribution is 5.68. The van der Waals surface area contributed by atoms with Crippen molar-refractivity contribution in [2.75, 3.05) is 6.54 Å². The Bertz CT molecular complexity index is 451. The lowest BCUT2D eigenvalue weighted by molar-refractivity contribution is 0.0502. The summed E-state index contributed by atoms with van der Waals surface area (Å²) in [7, 11) is 0. The second-order valence-electron chi connectivity index (χ2n) is 6.43. The zero-order valence-corrected chi connectivity index (χ0v) is 14.5. The molecule has 1 atom stereocenters. The zero-order valence-electron chi connectivity index (χ0n) is 14.5. The second kappa shape index (κ2) is 8.78. The van der Waals surface area contributed by atoms with Crippen LogP contribution in [0.1, 0.15) is 53.2 Å². The molecule has 22 heavy (non-hydrogen) atoms. The number of ether oxygens (including phenoxy) is 1. The number of nitrogens with one attached hydrogen (secondary N) is 2. The fourth-order valence-corrected chi connectivity index (χ4v) is 2.07. The van der Waals surface area contributed by atoms with E-state index < -0.39 is 5.60 Å². The molecule has 1 heterocycles. The molecule has 1 aromatic heterocycles. The minimum absolute atomic E-state index is 0.0531. The smallest absolute Gasteiger partial charge is 0.407 e. The molecule has 0 spiro atoms. The van der Waals surface area contributed by atoms with Crippen LogP contribution in [0.25, 0.3) is 0 Å². The van der Waals surface area contributed by atoms with Gasteiger partial charge in [-0.25, -0.2) is 4.79 Å². The Kier molecular flexibility index (Phi) is 7.38. The van der Waals surface area contributed by atoms with E-state index in [0.29, 0.717) is 6.54 Å². The van der Waals surface area contributed by atoms with Crippen molar-refractivity contribution in [1.82, 2.24) is 20.4 Å². The average Bonchev–Trinajstić information content (AvgIpc) is 2.83. The number of carbonyl (C=O) groups is 1. The first-order chi connectivity index (χ1) is 10.4. The van der Waals surface area contributed by atoms with Crippen molar-refractivity contribution in [2.24, 2.45) is 0 Å². The van der Waals surface area contributed by atoms with E-state index in [0.717, 1.165) is 31.6 Å². The van der Waals surface area contributed by atoms with Gasteiger partial charge in [-0.1, -0.05) is 13.8 Å². The Labute approximate surface area is 133 Å². The van der Waals surface area contributed by atoms with E-state index in [2.05, 4.69) is 22.7 Å². The maximum atomic E-state index is 11.8. The Balaban J connectivity index is 2.37. The Morgan fingerprint density at radius 1 is 1.41 bits per heavy atom. The quantitative estimate of drug-likeness (QED) is 0.774. The van der Waals surface area contributed by atoms with Crippen LogP contribution in [-0.2, 0) is 17.8 Å². The van der Waals surface area contributed by atoms with E-state index in [9.17, 15) is 4.79 Å². The molecule has 0 aliphatic carbocycles. The first kappa shape index (κ1) is 18.5. The van der Waals surface area contributed by atoms with Gasteiger partial charge in [-0.05, 0) is 39.7 Å². The van der Waals surface area contributed by atoms with Crippen LogP contribution in [0.5, 0.6) is 0 Å². The van der Waals surface area contributed by atoms with Gasteiger partial charge >= 0.3 is 6.09 Å². The van der Waals surface area contributed by atoms with Crippen LogP contribution in [-0.4, -0.2) is 34.1 Å². The number of amides is 1. The number of carbonyl (C=O) groups excluding carboxylic acids is 1. The first-order valence-electron chi connectivity index (χ1n) is 8.06. The third-order valence-corrected chi connectivity index (χ3v) is 3.15. The molecule has 0 aliphatic heterocycles. The number of hydrogen-bond acceptors (Lipinski definition) is 4. The lowest BCUT2D eigenvalue weighted by Gasteiger charge is -2.23. The van der Waals surface area contributed by atoms with Crippen molar-refractivity contribution in [3.05, 3.63) is 18.0 Å². The number of aryl methyl sites for hydroxylation is 1. The molecule has 0 fully saturated rings. The SMILES string of the molecule is CCCn1nccc1CNCC(CC)NC(=O)OC(C)(C)C. The molecule has 1 rings (SSSR count). The van der Waals surface area contributed by atoms with Crippen LogP contribution >= 0.6 is 0 Å². The van der Waals surface area contributed by atoms with E-state index in [-0.39, 0.29) is 12.1 Å². The van der Waals surface area contributed by atoms with Gasteiger partial charge in [-0.15, -0.1) is 0 Å².